The van der Waals surface area contributed by atoms with Crippen LogP contribution in [-0.2, 0) is 43.5 Å². The first-order valence-corrected chi connectivity index (χ1v) is 16.4. The zero-order valence-corrected chi connectivity index (χ0v) is 25.1. The summed E-state index contributed by atoms with van der Waals surface area (Å²) in [7, 11) is -3.58. The maximum Gasteiger partial charge on any atom is 0.303 e. The molecule has 0 aliphatic heterocycles. The van der Waals surface area contributed by atoms with Crippen LogP contribution in [0, 0.1) is 11.8 Å². The largest absolute Gasteiger partial charge is 0.481 e. The molecule has 0 spiro atoms. The Balaban J connectivity index is 3.13. The Morgan fingerprint density at radius 2 is 1.27 bits per heavy atom. The third-order valence-corrected chi connectivity index (χ3v) is 9.48. The molecular formula is C26H39NO12S2. The highest BCUT2D eigenvalue weighted by Crippen LogP contribution is 2.19. The van der Waals surface area contributed by atoms with Crippen LogP contribution < -0.4 is 5.32 Å². The molecule has 1 aromatic carbocycles. The average molecular weight is 622 g/mol. The van der Waals surface area contributed by atoms with Crippen molar-refractivity contribution in [3.8, 4) is 0 Å². The molecular weight excluding hydrogens is 582 g/mol. The molecule has 232 valence electrons. The van der Waals surface area contributed by atoms with E-state index < -0.39 is 66.5 Å². The number of carbonyl (C=O) groups is 4. The van der Waals surface area contributed by atoms with E-state index in [0.717, 1.165) is 0 Å². The molecule has 0 heterocycles. The van der Waals surface area contributed by atoms with Crippen molar-refractivity contribution in [1.82, 2.24) is 5.32 Å². The van der Waals surface area contributed by atoms with Crippen molar-refractivity contribution in [1.29, 1.82) is 0 Å². The van der Waals surface area contributed by atoms with Gasteiger partial charge in [-0.1, -0.05) is 24.3 Å². The molecule has 13 nitrogen and oxygen atoms in total. The van der Waals surface area contributed by atoms with E-state index in [9.17, 15) is 36.0 Å². The summed E-state index contributed by atoms with van der Waals surface area (Å²) in [6, 6.07) is 5.22. The molecule has 0 saturated carbocycles. The summed E-state index contributed by atoms with van der Waals surface area (Å²) in [4.78, 5) is 49.7. The number of rotatable bonds is 22. The Kier molecular flexibility index (Phi) is 15.9. The highest BCUT2D eigenvalue weighted by molar-refractivity contribution is 7.92. The van der Waals surface area contributed by atoms with Crippen LogP contribution in [0.5, 0.6) is 0 Å². The van der Waals surface area contributed by atoms with Gasteiger partial charge in [-0.3, -0.25) is 19.2 Å². The lowest BCUT2D eigenvalue weighted by atomic mass is 9.92. The summed E-state index contributed by atoms with van der Waals surface area (Å²) in [6.45, 7) is 0.194. The molecule has 0 radical (unpaired) electrons. The van der Waals surface area contributed by atoms with Crippen LogP contribution in [0.3, 0.4) is 0 Å². The molecule has 0 bridgehead atoms. The van der Waals surface area contributed by atoms with Gasteiger partial charge < -0.3 is 24.6 Å². The number of nitrogens with one attached hydrogen (secondary N) is 1. The number of benzene rings is 1. The predicted molar refractivity (Wildman–Crippen MR) is 150 cm³/mol. The molecule has 1 atom stereocenters. The van der Waals surface area contributed by atoms with E-state index in [1.807, 2.05) is 0 Å². The van der Waals surface area contributed by atoms with Crippen molar-refractivity contribution in [2.75, 3.05) is 70.7 Å². The predicted octanol–water partition coefficient (Wildman–Crippen LogP) is 0.424. The van der Waals surface area contributed by atoms with Crippen molar-refractivity contribution in [2.24, 2.45) is 11.8 Å². The maximum absolute atomic E-state index is 13.3. The monoisotopic (exact) mass is 621 g/mol. The molecule has 1 rings (SSSR count). The lowest BCUT2D eigenvalue weighted by Gasteiger charge is -2.17. The van der Waals surface area contributed by atoms with Crippen molar-refractivity contribution in [2.45, 2.75) is 19.3 Å². The average Bonchev–Trinajstić information content (AvgIpc) is 2.92. The van der Waals surface area contributed by atoms with Gasteiger partial charge >= 0.3 is 5.97 Å². The lowest BCUT2D eigenvalue weighted by molar-refractivity contribution is -0.137. The van der Waals surface area contributed by atoms with Gasteiger partial charge in [-0.15, -0.1) is 0 Å². The van der Waals surface area contributed by atoms with E-state index in [-0.39, 0.29) is 68.3 Å². The first-order valence-electron chi connectivity index (χ1n) is 12.8. The van der Waals surface area contributed by atoms with Crippen LogP contribution in [0.1, 0.15) is 40.0 Å². The molecule has 0 fully saturated rings. The van der Waals surface area contributed by atoms with Gasteiger partial charge in [0.25, 0.3) is 0 Å². The number of amides is 1. The first kappa shape index (κ1) is 36.3. The normalized spacial score (nSPS) is 12.7. The number of hydrogen-bond donors (Lipinski definition) is 2. The summed E-state index contributed by atoms with van der Waals surface area (Å²) in [5.41, 5.74) is 0.152. The van der Waals surface area contributed by atoms with Gasteiger partial charge in [0.15, 0.2) is 31.2 Å². The zero-order chi connectivity index (χ0) is 31.1. The molecule has 0 saturated heterocycles. The van der Waals surface area contributed by atoms with E-state index in [2.05, 4.69) is 5.32 Å². The van der Waals surface area contributed by atoms with Crippen LogP contribution in [0.15, 0.2) is 24.3 Å². The molecule has 0 unspecified atom stereocenters. The minimum atomic E-state index is -3.84. The molecule has 2 N–H and O–H groups in total. The third kappa shape index (κ3) is 14.1. The quantitative estimate of drug-likeness (QED) is 0.134. The highest BCUT2D eigenvalue weighted by atomic mass is 32.2. The van der Waals surface area contributed by atoms with Crippen molar-refractivity contribution < 1.29 is 55.3 Å². The number of carboxylic acid groups (broad SMARTS) is 1. The number of carbonyl (C=O) groups excluding carboxylic acids is 3. The summed E-state index contributed by atoms with van der Waals surface area (Å²) in [6.07, 6.45) is -0.657. The number of aliphatic carboxylic acids is 1. The number of Topliss-reactive ketones (excluding diaryl/α,β-unsaturated/α-hetero) is 2. The van der Waals surface area contributed by atoms with Gasteiger partial charge in [-0.25, -0.2) is 16.8 Å². The molecule has 0 aromatic heterocycles. The second-order valence-corrected chi connectivity index (χ2v) is 13.9. The van der Waals surface area contributed by atoms with Gasteiger partial charge in [0.2, 0.25) is 5.91 Å². The van der Waals surface area contributed by atoms with E-state index in [1.54, 1.807) is 0 Å². The second-order valence-electron chi connectivity index (χ2n) is 9.39. The van der Waals surface area contributed by atoms with Crippen molar-refractivity contribution >= 4 is 43.1 Å². The van der Waals surface area contributed by atoms with E-state index in [1.165, 1.54) is 45.6 Å². The SMILES string of the molecule is COCCNC(=O)[C@H](CCC(=O)O)CC(=O)c1ccc(C(=O)C(CS(=O)(=O)CCOC)CS(=O)(=O)CCOC)cc1. The minimum Gasteiger partial charge on any atom is -0.481 e. The Labute approximate surface area is 240 Å². The summed E-state index contributed by atoms with van der Waals surface area (Å²) < 4.78 is 64.6. The Morgan fingerprint density at radius 3 is 1.73 bits per heavy atom. The molecule has 41 heavy (non-hydrogen) atoms. The van der Waals surface area contributed by atoms with E-state index >= 15 is 0 Å². The number of methoxy groups -OCH3 is 3. The van der Waals surface area contributed by atoms with Crippen LogP contribution in [0.4, 0.5) is 0 Å². The molecule has 1 aromatic rings. The van der Waals surface area contributed by atoms with Gasteiger partial charge in [0.05, 0.1) is 48.7 Å². The number of ether oxygens (including phenoxy) is 3. The second kappa shape index (κ2) is 18.0. The van der Waals surface area contributed by atoms with Crippen molar-refractivity contribution in [3.63, 3.8) is 0 Å². The minimum absolute atomic E-state index is 0.00942. The number of sulfone groups is 2. The van der Waals surface area contributed by atoms with Crippen molar-refractivity contribution in [3.05, 3.63) is 35.4 Å². The van der Waals surface area contributed by atoms with Crippen LogP contribution in [0.2, 0.25) is 0 Å². The van der Waals surface area contributed by atoms with E-state index in [0.29, 0.717) is 0 Å². The lowest BCUT2D eigenvalue weighted by Crippen LogP contribution is -2.34. The molecule has 0 aliphatic carbocycles. The number of ketones is 2. The molecule has 1 amide bonds. The maximum atomic E-state index is 13.3. The zero-order valence-electron chi connectivity index (χ0n) is 23.5. The Bertz CT molecular complexity index is 1190. The van der Waals surface area contributed by atoms with Crippen LogP contribution in [0.25, 0.3) is 0 Å². The van der Waals surface area contributed by atoms with Crippen LogP contribution >= 0.6 is 0 Å². The van der Waals surface area contributed by atoms with Gasteiger partial charge in [0.1, 0.15) is 0 Å². The molecule has 0 aliphatic rings. The van der Waals surface area contributed by atoms with E-state index in [4.69, 9.17) is 19.3 Å². The first-order chi connectivity index (χ1) is 19.2. The summed E-state index contributed by atoms with van der Waals surface area (Å²) >= 11 is 0. The Morgan fingerprint density at radius 1 is 0.780 bits per heavy atom. The Hall–Kier alpha value is -2.72. The van der Waals surface area contributed by atoms with Gasteiger partial charge in [0, 0.05) is 57.8 Å². The fourth-order valence-electron chi connectivity index (χ4n) is 3.84. The summed E-state index contributed by atoms with van der Waals surface area (Å²) in [5.74, 6) is -7.27. The summed E-state index contributed by atoms with van der Waals surface area (Å²) in [5, 5.41) is 11.6. The number of hydrogen-bond acceptors (Lipinski definition) is 11. The van der Waals surface area contributed by atoms with Gasteiger partial charge in [-0.05, 0) is 6.42 Å². The van der Waals surface area contributed by atoms with Gasteiger partial charge in [-0.2, -0.15) is 0 Å². The fourth-order valence-corrected chi connectivity index (χ4v) is 6.93. The molecule has 15 heteroatoms. The third-order valence-electron chi connectivity index (χ3n) is 6.08. The smallest absolute Gasteiger partial charge is 0.303 e. The highest BCUT2D eigenvalue weighted by Gasteiger charge is 2.31. The standard InChI is InChI=1S/C26H39NO12S2/c1-37-11-10-27-26(32)21(8-9-24(29)30)16-23(28)19-4-6-20(7-5-19)25(31)22(17-40(33,34)14-12-38-2)18-41(35,36)15-13-39-3/h4-7,21-22H,8-18H2,1-3H3,(H,27,32)(H,29,30)/t21-/m1/s1. The van der Waals surface area contributed by atoms with Crippen LogP contribution in [-0.4, -0.2) is 116 Å². The fraction of sp³-hybridized carbons (Fsp3) is 0.615. The number of carboxylic acids is 1. The topological polar surface area (TPSA) is 197 Å².